The van der Waals surface area contributed by atoms with Gasteiger partial charge >= 0.3 is 0 Å². The van der Waals surface area contributed by atoms with E-state index in [9.17, 15) is 4.79 Å². The van der Waals surface area contributed by atoms with Gasteiger partial charge < -0.3 is 9.64 Å². The van der Waals surface area contributed by atoms with E-state index in [4.69, 9.17) is 16.3 Å². The Bertz CT molecular complexity index is 594. The Morgan fingerprint density at radius 3 is 2.80 bits per heavy atom. The number of ether oxygens (including phenoxy) is 1. The van der Waals surface area contributed by atoms with Gasteiger partial charge in [0.2, 0.25) is 0 Å². The number of hydrogen-bond donors (Lipinski definition) is 0. The lowest BCUT2D eigenvalue weighted by Gasteiger charge is -2.38. The van der Waals surface area contributed by atoms with Crippen molar-refractivity contribution in [1.29, 1.82) is 0 Å². The first-order chi connectivity index (χ1) is 9.74. The summed E-state index contributed by atoms with van der Waals surface area (Å²) in [6, 6.07) is 11.4. The quantitative estimate of drug-likeness (QED) is 0.866. The average molecular weight is 308 g/mol. The Hall–Kier alpha value is -1.36. The third-order valence-electron chi connectivity index (χ3n) is 3.30. The standard InChI is InChI=1S/C15H14ClNO2S/c16-13-5-2-1-4-11(13)10-19-12-8-17(9-12)15(18)14-6-3-7-20-14/h1-7,12H,8-10H2. The Morgan fingerprint density at radius 2 is 2.10 bits per heavy atom. The number of thiophene rings is 1. The van der Waals surface area contributed by atoms with E-state index < -0.39 is 0 Å². The van der Waals surface area contributed by atoms with Gasteiger partial charge in [0, 0.05) is 18.1 Å². The van der Waals surface area contributed by atoms with Crippen LogP contribution < -0.4 is 0 Å². The molecule has 104 valence electrons. The molecule has 0 saturated carbocycles. The molecule has 0 unspecified atom stereocenters. The Balaban J connectivity index is 1.47. The van der Waals surface area contributed by atoms with Crippen LogP contribution in [-0.2, 0) is 11.3 Å². The SMILES string of the molecule is O=C(c1cccs1)N1CC(OCc2ccccc2Cl)C1. The normalized spacial score (nSPS) is 15.2. The van der Waals surface area contributed by atoms with Crippen molar-refractivity contribution in [3.05, 3.63) is 57.2 Å². The van der Waals surface area contributed by atoms with Crippen LogP contribution in [0.5, 0.6) is 0 Å². The summed E-state index contributed by atoms with van der Waals surface area (Å²) in [7, 11) is 0. The lowest BCUT2D eigenvalue weighted by atomic mass is 10.1. The van der Waals surface area contributed by atoms with Crippen molar-refractivity contribution in [2.45, 2.75) is 12.7 Å². The number of amides is 1. The minimum atomic E-state index is 0.0950. The van der Waals surface area contributed by atoms with Gasteiger partial charge in [-0.2, -0.15) is 0 Å². The number of hydrogen-bond acceptors (Lipinski definition) is 3. The van der Waals surface area contributed by atoms with E-state index in [2.05, 4.69) is 0 Å². The van der Waals surface area contributed by atoms with Crippen LogP contribution in [0.25, 0.3) is 0 Å². The molecule has 1 fully saturated rings. The highest BCUT2D eigenvalue weighted by Gasteiger charge is 2.32. The van der Waals surface area contributed by atoms with Gasteiger partial charge in [-0.15, -0.1) is 11.3 Å². The van der Waals surface area contributed by atoms with E-state index in [1.165, 1.54) is 11.3 Å². The Labute approximate surface area is 126 Å². The first-order valence-electron chi connectivity index (χ1n) is 6.42. The molecule has 3 rings (SSSR count). The van der Waals surface area contributed by atoms with Crippen molar-refractivity contribution in [3.8, 4) is 0 Å². The Kier molecular flexibility index (Phi) is 4.05. The second kappa shape index (κ2) is 5.95. The van der Waals surface area contributed by atoms with Crippen molar-refractivity contribution < 1.29 is 9.53 Å². The summed E-state index contributed by atoms with van der Waals surface area (Å²) >= 11 is 7.54. The molecular formula is C15H14ClNO2S. The zero-order valence-corrected chi connectivity index (χ0v) is 12.4. The van der Waals surface area contributed by atoms with Crippen molar-refractivity contribution in [2.75, 3.05) is 13.1 Å². The number of nitrogens with zero attached hydrogens (tertiary/aromatic N) is 1. The fourth-order valence-corrected chi connectivity index (χ4v) is 2.97. The number of rotatable bonds is 4. The number of carbonyl (C=O) groups is 1. The van der Waals surface area contributed by atoms with E-state index in [1.807, 2.05) is 46.7 Å². The largest absolute Gasteiger partial charge is 0.370 e. The summed E-state index contributed by atoms with van der Waals surface area (Å²) in [6.07, 6.45) is 0.107. The van der Waals surface area contributed by atoms with Crippen molar-refractivity contribution >= 4 is 28.8 Å². The molecule has 20 heavy (non-hydrogen) atoms. The molecule has 1 aliphatic rings. The topological polar surface area (TPSA) is 29.5 Å². The van der Waals surface area contributed by atoms with Crippen LogP contribution in [0.2, 0.25) is 5.02 Å². The van der Waals surface area contributed by atoms with Crippen LogP contribution >= 0.6 is 22.9 Å². The average Bonchev–Trinajstić information content (AvgIpc) is 2.92. The lowest BCUT2D eigenvalue weighted by Crippen LogP contribution is -2.54. The second-order valence-corrected chi connectivity index (χ2v) is 6.07. The molecule has 1 aliphatic heterocycles. The molecule has 2 aromatic rings. The van der Waals surface area contributed by atoms with E-state index >= 15 is 0 Å². The minimum Gasteiger partial charge on any atom is -0.370 e. The number of halogens is 1. The van der Waals surface area contributed by atoms with E-state index in [0.717, 1.165) is 15.5 Å². The van der Waals surface area contributed by atoms with E-state index in [0.29, 0.717) is 19.7 Å². The van der Waals surface area contributed by atoms with Gasteiger partial charge in [-0.1, -0.05) is 35.9 Å². The molecule has 1 aromatic carbocycles. The Morgan fingerprint density at radius 1 is 1.30 bits per heavy atom. The summed E-state index contributed by atoms with van der Waals surface area (Å²) in [5.74, 6) is 0.0950. The molecule has 0 radical (unpaired) electrons. The van der Waals surface area contributed by atoms with Crippen LogP contribution in [0.1, 0.15) is 15.2 Å². The monoisotopic (exact) mass is 307 g/mol. The minimum absolute atomic E-state index is 0.0950. The summed E-state index contributed by atoms with van der Waals surface area (Å²) in [5, 5.41) is 2.64. The number of benzene rings is 1. The predicted molar refractivity (Wildman–Crippen MR) is 80.3 cm³/mol. The molecule has 2 heterocycles. The van der Waals surface area contributed by atoms with Crippen molar-refractivity contribution in [3.63, 3.8) is 0 Å². The highest BCUT2D eigenvalue weighted by Crippen LogP contribution is 2.21. The van der Waals surface area contributed by atoms with Crippen LogP contribution in [-0.4, -0.2) is 30.0 Å². The number of carbonyl (C=O) groups excluding carboxylic acids is 1. The summed E-state index contributed by atoms with van der Waals surface area (Å²) in [4.78, 5) is 14.6. The second-order valence-electron chi connectivity index (χ2n) is 4.71. The van der Waals surface area contributed by atoms with Gasteiger partial charge in [0.15, 0.2) is 0 Å². The smallest absolute Gasteiger partial charge is 0.264 e. The summed E-state index contributed by atoms with van der Waals surface area (Å²) in [5.41, 5.74) is 0.984. The summed E-state index contributed by atoms with van der Waals surface area (Å²) < 4.78 is 5.77. The molecule has 0 N–H and O–H groups in total. The fourth-order valence-electron chi connectivity index (χ4n) is 2.09. The molecule has 5 heteroatoms. The fraction of sp³-hybridized carbons (Fsp3) is 0.267. The maximum Gasteiger partial charge on any atom is 0.264 e. The van der Waals surface area contributed by atoms with Gasteiger partial charge in [0.25, 0.3) is 5.91 Å². The van der Waals surface area contributed by atoms with Crippen LogP contribution in [0.4, 0.5) is 0 Å². The van der Waals surface area contributed by atoms with Gasteiger partial charge in [-0.3, -0.25) is 4.79 Å². The molecule has 0 atom stereocenters. The molecule has 1 aromatic heterocycles. The third-order valence-corrected chi connectivity index (χ3v) is 4.53. The maximum absolute atomic E-state index is 12.0. The molecular weight excluding hydrogens is 294 g/mol. The molecule has 0 aliphatic carbocycles. The van der Waals surface area contributed by atoms with Crippen molar-refractivity contribution in [1.82, 2.24) is 4.90 Å². The van der Waals surface area contributed by atoms with Gasteiger partial charge in [-0.25, -0.2) is 0 Å². The van der Waals surface area contributed by atoms with Crippen molar-refractivity contribution in [2.24, 2.45) is 0 Å². The van der Waals surface area contributed by atoms with Crippen LogP contribution in [0, 0.1) is 0 Å². The highest BCUT2D eigenvalue weighted by atomic mass is 35.5. The zero-order chi connectivity index (χ0) is 13.9. The lowest BCUT2D eigenvalue weighted by molar-refractivity contribution is -0.0501. The van der Waals surface area contributed by atoms with Gasteiger partial charge in [0.1, 0.15) is 0 Å². The predicted octanol–water partition coefficient (Wildman–Crippen LogP) is 3.44. The van der Waals surface area contributed by atoms with E-state index in [1.54, 1.807) is 0 Å². The zero-order valence-electron chi connectivity index (χ0n) is 10.8. The first-order valence-corrected chi connectivity index (χ1v) is 7.67. The molecule has 3 nitrogen and oxygen atoms in total. The maximum atomic E-state index is 12.0. The number of likely N-dealkylation sites (tertiary alicyclic amines) is 1. The van der Waals surface area contributed by atoms with Gasteiger partial charge in [0.05, 0.1) is 17.6 Å². The highest BCUT2D eigenvalue weighted by molar-refractivity contribution is 7.12. The summed E-state index contributed by atoms with van der Waals surface area (Å²) in [6.45, 7) is 1.80. The van der Waals surface area contributed by atoms with E-state index in [-0.39, 0.29) is 12.0 Å². The van der Waals surface area contributed by atoms with Gasteiger partial charge in [-0.05, 0) is 23.1 Å². The van der Waals surface area contributed by atoms with Crippen LogP contribution in [0.15, 0.2) is 41.8 Å². The molecule has 1 amide bonds. The molecule has 1 saturated heterocycles. The first kappa shape index (κ1) is 13.6. The molecule has 0 spiro atoms. The van der Waals surface area contributed by atoms with Crippen LogP contribution in [0.3, 0.4) is 0 Å². The molecule has 0 bridgehead atoms. The third kappa shape index (κ3) is 2.87.